The molecule has 0 saturated heterocycles. The zero-order valence-corrected chi connectivity index (χ0v) is 15.7. The van der Waals surface area contributed by atoms with Crippen LogP contribution in [0.3, 0.4) is 0 Å². The Morgan fingerprint density at radius 3 is 2.67 bits per heavy atom. The standard InChI is InChI=1S/C19H27NO3S/c1-12-8-7-10-16(13(12)2)20-18(21)14(3)23-19(22)15-9-5-6-11-17(15)24-4/h5-6,9,11-14,16H,7-8,10H2,1-4H3,(H,20,21)/t12-,13+,14+,16-/m0/s1. The van der Waals surface area contributed by atoms with Crippen LogP contribution in [0.4, 0.5) is 0 Å². The van der Waals surface area contributed by atoms with Crippen molar-refractivity contribution in [1.29, 1.82) is 0 Å². The van der Waals surface area contributed by atoms with E-state index in [4.69, 9.17) is 4.74 Å². The van der Waals surface area contributed by atoms with Crippen molar-refractivity contribution in [1.82, 2.24) is 5.32 Å². The zero-order valence-electron chi connectivity index (χ0n) is 14.9. The van der Waals surface area contributed by atoms with Gasteiger partial charge < -0.3 is 10.1 Å². The third-order valence-corrected chi connectivity index (χ3v) is 5.81. The molecule has 2 rings (SSSR count). The minimum absolute atomic E-state index is 0.167. The highest BCUT2D eigenvalue weighted by Gasteiger charge is 2.30. The van der Waals surface area contributed by atoms with Gasteiger partial charge in [0.2, 0.25) is 0 Å². The summed E-state index contributed by atoms with van der Waals surface area (Å²) in [6, 6.07) is 7.44. The van der Waals surface area contributed by atoms with Crippen LogP contribution >= 0.6 is 11.8 Å². The number of nitrogens with one attached hydrogen (secondary N) is 1. The molecule has 132 valence electrons. The Kier molecular flexibility index (Phi) is 6.72. The van der Waals surface area contributed by atoms with Gasteiger partial charge in [-0.2, -0.15) is 0 Å². The highest BCUT2D eigenvalue weighted by Crippen LogP contribution is 2.29. The van der Waals surface area contributed by atoms with E-state index in [0.29, 0.717) is 17.4 Å². The molecule has 5 heteroatoms. The predicted molar refractivity (Wildman–Crippen MR) is 97.2 cm³/mol. The monoisotopic (exact) mass is 349 g/mol. The molecule has 0 heterocycles. The van der Waals surface area contributed by atoms with Gasteiger partial charge in [0.05, 0.1) is 5.56 Å². The zero-order chi connectivity index (χ0) is 17.7. The van der Waals surface area contributed by atoms with Gasteiger partial charge in [-0.1, -0.05) is 38.8 Å². The Morgan fingerprint density at radius 2 is 1.96 bits per heavy atom. The Hall–Kier alpha value is -1.49. The van der Waals surface area contributed by atoms with Crippen LogP contribution in [0.25, 0.3) is 0 Å². The second-order valence-electron chi connectivity index (χ2n) is 6.63. The molecule has 1 aromatic carbocycles. The van der Waals surface area contributed by atoms with Crippen LogP contribution in [0.5, 0.6) is 0 Å². The Labute approximate surface area is 148 Å². The molecule has 1 aromatic rings. The number of hydrogen-bond acceptors (Lipinski definition) is 4. The van der Waals surface area contributed by atoms with Crippen LogP contribution in [-0.4, -0.2) is 30.3 Å². The molecule has 1 aliphatic rings. The van der Waals surface area contributed by atoms with Crippen molar-refractivity contribution in [2.75, 3.05) is 6.26 Å². The second kappa shape index (κ2) is 8.56. The quantitative estimate of drug-likeness (QED) is 0.647. The number of carbonyl (C=O) groups excluding carboxylic acids is 2. The number of carbonyl (C=O) groups is 2. The predicted octanol–water partition coefficient (Wildman–Crippen LogP) is 3.89. The van der Waals surface area contributed by atoms with Crippen LogP contribution in [0.1, 0.15) is 50.4 Å². The van der Waals surface area contributed by atoms with Crippen LogP contribution in [0.15, 0.2) is 29.2 Å². The fourth-order valence-electron chi connectivity index (χ4n) is 3.18. The van der Waals surface area contributed by atoms with E-state index in [-0.39, 0.29) is 11.9 Å². The topological polar surface area (TPSA) is 55.4 Å². The fourth-order valence-corrected chi connectivity index (χ4v) is 3.76. The third kappa shape index (κ3) is 4.53. The van der Waals surface area contributed by atoms with Gasteiger partial charge in [0.15, 0.2) is 6.10 Å². The average molecular weight is 349 g/mol. The van der Waals surface area contributed by atoms with Crippen LogP contribution in [-0.2, 0) is 9.53 Å². The SMILES string of the molecule is CSc1ccccc1C(=O)O[C@H](C)C(=O)N[C@H]1CCC[C@H](C)[C@H]1C. The maximum Gasteiger partial charge on any atom is 0.340 e. The lowest BCUT2D eigenvalue weighted by Crippen LogP contribution is -2.47. The number of hydrogen-bond donors (Lipinski definition) is 1. The highest BCUT2D eigenvalue weighted by atomic mass is 32.2. The van der Waals surface area contributed by atoms with Crippen molar-refractivity contribution in [3.8, 4) is 0 Å². The van der Waals surface area contributed by atoms with Crippen molar-refractivity contribution >= 4 is 23.6 Å². The molecule has 4 atom stereocenters. The largest absolute Gasteiger partial charge is 0.449 e. The molecule has 24 heavy (non-hydrogen) atoms. The van der Waals surface area contributed by atoms with Gasteiger partial charge in [-0.05, 0) is 43.6 Å². The summed E-state index contributed by atoms with van der Waals surface area (Å²) in [5.41, 5.74) is 0.504. The first-order valence-corrected chi connectivity index (χ1v) is 9.81. The normalized spacial score (nSPS) is 24.9. The van der Waals surface area contributed by atoms with Crippen molar-refractivity contribution in [3.05, 3.63) is 29.8 Å². The molecule has 0 aliphatic heterocycles. The van der Waals surface area contributed by atoms with E-state index >= 15 is 0 Å². The molecule has 0 bridgehead atoms. The van der Waals surface area contributed by atoms with Gasteiger partial charge in [-0.25, -0.2) is 4.79 Å². The van der Waals surface area contributed by atoms with Crippen molar-refractivity contribution < 1.29 is 14.3 Å². The smallest absolute Gasteiger partial charge is 0.340 e. The van der Waals surface area contributed by atoms with E-state index in [2.05, 4.69) is 19.2 Å². The molecule has 1 saturated carbocycles. The Balaban J connectivity index is 1.95. The summed E-state index contributed by atoms with van der Waals surface area (Å²) >= 11 is 1.49. The molecular weight excluding hydrogens is 322 g/mol. The van der Waals surface area contributed by atoms with Gasteiger partial charge in [-0.3, -0.25) is 4.79 Å². The molecule has 0 unspecified atom stereocenters. The van der Waals surface area contributed by atoms with Gasteiger partial charge in [-0.15, -0.1) is 11.8 Å². The molecule has 1 N–H and O–H groups in total. The molecule has 0 aromatic heterocycles. The minimum atomic E-state index is -0.795. The summed E-state index contributed by atoms with van der Waals surface area (Å²) in [4.78, 5) is 25.6. The number of rotatable bonds is 5. The third-order valence-electron chi connectivity index (χ3n) is 5.01. The molecule has 0 radical (unpaired) electrons. The van der Waals surface area contributed by atoms with E-state index in [9.17, 15) is 9.59 Å². The number of benzene rings is 1. The lowest BCUT2D eigenvalue weighted by molar-refractivity contribution is -0.130. The number of thioether (sulfide) groups is 1. The van der Waals surface area contributed by atoms with Crippen LogP contribution in [0, 0.1) is 11.8 Å². The highest BCUT2D eigenvalue weighted by molar-refractivity contribution is 7.98. The Bertz CT molecular complexity index is 590. The summed E-state index contributed by atoms with van der Waals surface area (Å²) in [5.74, 6) is 0.391. The minimum Gasteiger partial charge on any atom is -0.449 e. The maximum absolute atomic E-state index is 12.4. The van der Waals surface area contributed by atoms with Gasteiger partial charge in [0.1, 0.15) is 0 Å². The summed E-state index contributed by atoms with van der Waals surface area (Å²) in [6.07, 6.45) is 4.45. The van der Waals surface area contributed by atoms with Crippen molar-refractivity contribution in [2.24, 2.45) is 11.8 Å². The molecule has 1 aliphatic carbocycles. The van der Waals surface area contributed by atoms with E-state index in [1.54, 1.807) is 19.1 Å². The molecule has 4 nitrogen and oxygen atoms in total. The van der Waals surface area contributed by atoms with Gasteiger partial charge in [0.25, 0.3) is 5.91 Å². The van der Waals surface area contributed by atoms with E-state index in [1.165, 1.54) is 18.2 Å². The second-order valence-corrected chi connectivity index (χ2v) is 7.48. The molecule has 0 spiro atoms. The van der Waals surface area contributed by atoms with Crippen molar-refractivity contribution in [3.63, 3.8) is 0 Å². The number of esters is 1. The molecule has 1 fully saturated rings. The van der Waals surface area contributed by atoms with E-state index in [0.717, 1.165) is 17.7 Å². The first-order chi connectivity index (χ1) is 11.4. The summed E-state index contributed by atoms with van der Waals surface area (Å²) < 4.78 is 5.38. The summed E-state index contributed by atoms with van der Waals surface area (Å²) in [5, 5.41) is 3.06. The Morgan fingerprint density at radius 1 is 1.25 bits per heavy atom. The number of ether oxygens (including phenoxy) is 1. The lowest BCUT2D eigenvalue weighted by Gasteiger charge is -2.35. The summed E-state index contributed by atoms with van der Waals surface area (Å²) in [7, 11) is 0. The van der Waals surface area contributed by atoms with Crippen LogP contribution < -0.4 is 5.32 Å². The van der Waals surface area contributed by atoms with E-state index < -0.39 is 12.1 Å². The van der Waals surface area contributed by atoms with Crippen molar-refractivity contribution in [2.45, 2.75) is 57.1 Å². The first kappa shape index (κ1) is 18.8. The van der Waals surface area contributed by atoms with Gasteiger partial charge in [0, 0.05) is 10.9 Å². The number of amides is 1. The lowest BCUT2D eigenvalue weighted by atomic mass is 9.78. The molecule has 1 amide bonds. The molecular formula is C19H27NO3S. The summed E-state index contributed by atoms with van der Waals surface area (Å²) in [6.45, 7) is 6.04. The van der Waals surface area contributed by atoms with E-state index in [1.807, 2.05) is 18.4 Å². The van der Waals surface area contributed by atoms with Crippen LogP contribution in [0.2, 0.25) is 0 Å². The maximum atomic E-state index is 12.4. The average Bonchev–Trinajstić information content (AvgIpc) is 2.58. The van der Waals surface area contributed by atoms with Gasteiger partial charge >= 0.3 is 5.97 Å². The first-order valence-electron chi connectivity index (χ1n) is 8.58. The fraction of sp³-hybridized carbons (Fsp3) is 0.579.